The molecule has 0 saturated carbocycles. The van der Waals surface area contributed by atoms with Crippen LogP contribution in [0.3, 0.4) is 0 Å². The van der Waals surface area contributed by atoms with Crippen molar-refractivity contribution in [3.05, 3.63) is 58.6 Å². The number of hydrogen-bond donors (Lipinski definition) is 0. The second-order valence-corrected chi connectivity index (χ2v) is 7.24. The van der Waals surface area contributed by atoms with Crippen LogP contribution in [-0.2, 0) is 11.2 Å². The van der Waals surface area contributed by atoms with Crippen molar-refractivity contribution >= 4 is 27.5 Å². The Morgan fingerprint density at radius 3 is 2.68 bits per heavy atom. The van der Waals surface area contributed by atoms with Gasteiger partial charge in [0.15, 0.2) is 0 Å². The molecule has 0 saturated heterocycles. The highest BCUT2D eigenvalue weighted by Gasteiger charge is 2.26. The number of anilines is 1. The van der Waals surface area contributed by atoms with Crippen molar-refractivity contribution in [1.29, 1.82) is 0 Å². The zero-order valence-corrected chi connectivity index (χ0v) is 16.2. The van der Waals surface area contributed by atoms with E-state index in [4.69, 9.17) is 4.74 Å². The van der Waals surface area contributed by atoms with Crippen molar-refractivity contribution in [1.82, 2.24) is 4.90 Å². The summed E-state index contributed by atoms with van der Waals surface area (Å²) in [4.78, 5) is 16.6. The van der Waals surface area contributed by atoms with E-state index in [9.17, 15) is 4.79 Å². The summed E-state index contributed by atoms with van der Waals surface area (Å²) in [6.45, 7) is 4.44. The normalized spacial score (nSPS) is 16.1. The second kappa shape index (κ2) is 7.91. The minimum Gasteiger partial charge on any atom is -0.485 e. The summed E-state index contributed by atoms with van der Waals surface area (Å²) in [6.07, 6.45) is 0.388. The van der Waals surface area contributed by atoms with E-state index in [1.54, 1.807) is 4.90 Å². The van der Waals surface area contributed by atoms with Gasteiger partial charge in [0.2, 0.25) is 5.91 Å². The number of para-hydroxylation sites is 2. The van der Waals surface area contributed by atoms with Crippen molar-refractivity contribution in [3.63, 3.8) is 0 Å². The van der Waals surface area contributed by atoms with Crippen LogP contribution in [0.1, 0.15) is 12.5 Å². The molecule has 1 heterocycles. The quantitative estimate of drug-likeness (QED) is 0.763. The van der Waals surface area contributed by atoms with Crippen LogP contribution in [0.25, 0.3) is 0 Å². The van der Waals surface area contributed by atoms with E-state index in [1.165, 1.54) is 0 Å². The maximum absolute atomic E-state index is 12.5. The molecule has 1 amide bonds. The zero-order valence-electron chi connectivity index (χ0n) is 14.6. The van der Waals surface area contributed by atoms with Crippen molar-refractivity contribution in [2.45, 2.75) is 19.4 Å². The molecular formula is C20H23BrN2O2. The third kappa shape index (κ3) is 4.34. The molecule has 0 bridgehead atoms. The lowest BCUT2D eigenvalue weighted by Crippen LogP contribution is -2.47. The fourth-order valence-corrected chi connectivity index (χ4v) is 3.36. The van der Waals surface area contributed by atoms with E-state index < -0.39 is 0 Å². The van der Waals surface area contributed by atoms with Gasteiger partial charge in [0.1, 0.15) is 11.9 Å². The van der Waals surface area contributed by atoms with Crippen LogP contribution < -0.4 is 9.64 Å². The standard InChI is InChI=1S/C20H23BrN2O2/c1-3-23-14-17(25-19-7-5-4-6-18(19)23)13-22(2)20(24)12-15-8-10-16(21)11-9-15/h4-11,17H,3,12-14H2,1-2H3/t17-/m0/s1. The smallest absolute Gasteiger partial charge is 0.226 e. The minimum absolute atomic E-state index is 0.0197. The molecule has 0 aliphatic carbocycles. The summed E-state index contributed by atoms with van der Waals surface area (Å²) in [7, 11) is 1.85. The molecule has 132 valence electrons. The molecular weight excluding hydrogens is 380 g/mol. The highest BCUT2D eigenvalue weighted by Crippen LogP contribution is 2.32. The monoisotopic (exact) mass is 402 g/mol. The summed E-state index contributed by atoms with van der Waals surface area (Å²) < 4.78 is 7.13. The Morgan fingerprint density at radius 2 is 1.96 bits per heavy atom. The molecule has 2 aromatic carbocycles. The van der Waals surface area contributed by atoms with E-state index in [0.29, 0.717) is 13.0 Å². The van der Waals surface area contributed by atoms with Gasteiger partial charge in [-0.25, -0.2) is 0 Å². The van der Waals surface area contributed by atoms with E-state index in [1.807, 2.05) is 49.5 Å². The third-order valence-electron chi connectivity index (χ3n) is 4.48. The third-order valence-corrected chi connectivity index (χ3v) is 5.01. The topological polar surface area (TPSA) is 32.8 Å². The molecule has 1 atom stereocenters. The van der Waals surface area contributed by atoms with Gasteiger partial charge >= 0.3 is 0 Å². The van der Waals surface area contributed by atoms with Gasteiger partial charge in [0.05, 0.1) is 25.2 Å². The van der Waals surface area contributed by atoms with Gasteiger partial charge in [0.25, 0.3) is 0 Å². The van der Waals surface area contributed by atoms with Crippen LogP contribution in [0.4, 0.5) is 5.69 Å². The molecule has 25 heavy (non-hydrogen) atoms. The number of hydrogen-bond acceptors (Lipinski definition) is 3. The predicted octanol–water partition coefficient (Wildman–Crippen LogP) is 3.74. The fraction of sp³-hybridized carbons (Fsp3) is 0.350. The van der Waals surface area contributed by atoms with E-state index in [2.05, 4.69) is 33.8 Å². The van der Waals surface area contributed by atoms with Gasteiger partial charge in [0, 0.05) is 18.1 Å². The molecule has 1 aliphatic rings. The number of ether oxygens (including phenoxy) is 1. The number of amides is 1. The van der Waals surface area contributed by atoms with E-state index in [-0.39, 0.29) is 12.0 Å². The molecule has 5 heteroatoms. The number of benzene rings is 2. The van der Waals surface area contributed by atoms with Gasteiger partial charge in [-0.2, -0.15) is 0 Å². The first-order chi connectivity index (χ1) is 12.1. The maximum Gasteiger partial charge on any atom is 0.226 e. The van der Waals surface area contributed by atoms with Crippen molar-refractivity contribution in [2.24, 2.45) is 0 Å². The SMILES string of the molecule is CCN1C[C@H](CN(C)C(=O)Cc2ccc(Br)cc2)Oc2ccccc21. The van der Waals surface area contributed by atoms with Crippen LogP contribution in [-0.4, -0.2) is 43.6 Å². The Hall–Kier alpha value is -2.01. The molecule has 2 aromatic rings. The number of rotatable bonds is 5. The fourth-order valence-electron chi connectivity index (χ4n) is 3.09. The first-order valence-corrected chi connectivity index (χ1v) is 9.35. The number of carbonyl (C=O) groups is 1. The molecule has 0 unspecified atom stereocenters. The number of nitrogens with zero attached hydrogens (tertiary/aromatic N) is 2. The Balaban J connectivity index is 1.62. The van der Waals surface area contributed by atoms with Crippen molar-refractivity contribution < 1.29 is 9.53 Å². The van der Waals surface area contributed by atoms with Gasteiger partial charge in [-0.05, 0) is 36.8 Å². The first kappa shape index (κ1) is 17.8. The molecule has 4 nitrogen and oxygen atoms in total. The number of fused-ring (bicyclic) bond motifs is 1. The number of likely N-dealkylation sites (N-methyl/N-ethyl adjacent to an activating group) is 2. The summed E-state index contributed by atoms with van der Waals surface area (Å²) in [6, 6.07) is 16.0. The van der Waals surface area contributed by atoms with Gasteiger partial charge < -0.3 is 14.5 Å². The molecule has 0 N–H and O–H groups in total. The Kier molecular flexibility index (Phi) is 5.63. The summed E-state index contributed by atoms with van der Waals surface area (Å²) in [5.41, 5.74) is 2.15. The van der Waals surface area contributed by atoms with E-state index >= 15 is 0 Å². The average molecular weight is 403 g/mol. The maximum atomic E-state index is 12.5. The van der Waals surface area contributed by atoms with Gasteiger partial charge in [-0.3, -0.25) is 4.79 Å². The van der Waals surface area contributed by atoms with Crippen LogP contribution in [0.2, 0.25) is 0 Å². The Labute approximate surface area is 157 Å². The van der Waals surface area contributed by atoms with Crippen LogP contribution >= 0.6 is 15.9 Å². The lowest BCUT2D eigenvalue weighted by atomic mass is 10.1. The van der Waals surface area contributed by atoms with Gasteiger partial charge in [-0.15, -0.1) is 0 Å². The number of carbonyl (C=O) groups excluding carboxylic acids is 1. The van der Waals surface area contributed by atoms with Gasteiger partial charge in [-0.1, -0.05) is 40.2 Å². The highest BCUT2D eigenvalue weighted by molar-refractivity contribution is 9.10. The van der Waals surface area contributed by atoms with Crippen molar-refractivity contribution in [2.75, 3.05) is 31.6 Å². The molecule has 0 radical (unpaired) electrons. The number of halogens is 1. The molecule has 0 aromatic heterocycles. The van der Waals surface area contributed by atoms with E-state index in [0.717, 1.165) is 34.6 Å². The first-order valence-electron chi connectivity index (χ1n) is 8.56. The Bertz CT molecular complexity index is 733. The highest BCUT2D eigenvalue weighted by atomic mass is 79.9. The van der Waals surface area contributed by atoms with Crippen LogP contribution in [0.5, 0.6) is 5.75 Å². The lowest BCUT2D eigenvalue weighted by molar-refractivity contribution is -0.130. The largest absolute Gasteiger partial charge is 0.485 e. The molecule has 1 aliphatic heterocycles. The average Bonchev–Trinajstić information content (AvgIpc) is 2.62. The van der Waals surface area contributed by atoms with Crippen LogP contribution in [0, 0.1) is 0 Å². The van der Waals surface area contributed by atoms with Crippen molar-refractivity contribution in [3.8, 4) is 5.75 Å². The van der Waals surface area contributed by atoms with Crippen LogP contribution in [0.15, 0.2) is 53.0 Å². The molecule has 0 fully saturated rings. The molecule has 3 rings (SSSR count). The zero-order chi connectivity index (χ0) is 17.8. The lowest BCUT2D eigenvalue weighted by Gasteiger charge is -2.37. The summed E-state index contributed by atoms with van der Waals surface area (Å²) >= 11 is 3.42. The second-order valence-electron chi connectivity index (χ2n) is 6.32. The predicted molar refractivity (Wildman–Crippen MR) is 104 cm³/mol. The molecule has 0 spiro atoms. The summed E-state index contributed by atoms with van der Waals surface area (Å²) in [5.74, 6) is 1.00. The Morgan fingerprint density at radius 1 is 1.24 bits per heavy atom. The summed E-state index contributed by atoms with van der Waals surface area (Å²) in [5, 5.41) is 0. The minimum atomic E-state index is -0.0197.